The van der Waals surface area contributed by atoms with Crippen molar-refractivity contribution < 1.29 is 38.4 Å². The maximum atomic E-state index is 12.9. The van der Waals surface area contributed by atoms with Gasteiger partial charge < -0.3 is 39.8 Å². The summed E-state index contributed by atoms with van der Waals surface area (Å²) in [6.45, 7) is 0.195. The first-order valence-electron chi connectivity index (χ1n) is 13.7. The zero-order chi connectivity index (χ0) is 33.5. The van der Waals surface area contributed by atoms with Crippen LogP contribution in [0.25, 0.3) is 0 Å². The van der Waals surface area contributed by atoms with Crippen LogP contribution in [-0.4, -0.2) is 66.7 Å². The molecule has 0 unspecified atom stereocenters. The second kappa shape index (κ2) is 13.9. The molecule has 0 aromatic carbocycles. The van der Waals surface area contributed by atoms with E-state index in [2.05, 4.69) is 21.3 Å². The highest BCUT2D eigenvalue weighted by molar-refractivity contribution is 6.09. The number of anilines is 3. The van der Waals surface area contributed by atoms with E-state index in [1.54, 1.807) is 20.3 Å². The van der Waals surface area contributed by atoms with Crippen LogP contribution in [0.1, 0.15) is 50.7 Å². The minimum absolute atomic E-state index is 0.0429. The highest BCUT2D eigenvalue weighted by Crippen LogP contribution is 2.19. The quantitative estimate of drug-likeness (QED) is 0.134. The smallest absolute Gasteiger partial charge is 0.350 e. The third-order valence-electron chi connectivity index (χ3n) is 6.57. The van der Waals surface area contributed by atoms with Gasteiger partial charge in [0.05, 0.1) is 29.6 Å². The van der Waals surface area contributed by atoms with Crippen LogP contribution in [0.15, 0.2) is 48.9 Å². The first kappa shape index (κ1) is 32.5. The van der Waals surface area contributed by atoms with Gasteiger partial charge in [0, 0.05) is 71.3 Å². The summed E-state index contributed by atoms with van der Waals surface area (Å²) in [6.07, 6.45) is 6.44. The molecular weight excluding hydrogens is 602 g/mol. The van der Waals surface area contributed by atoms with Crippen molar-refractivity contribution in [1.29, 1.82) is 5.26 Å². The number of amides is 6. The monoisotopic (exact) mass is 631 g/mol. The average Bonchev–Trinajstić information content (AvgIpc) is 3.74. The van der Waals surface area contributed by atoms with E-state index < -0.39 is 41.4 Å². The van der Waals surface area contributed by atoms with Crippen molar-refractivity contribution in [2.75, 3.05) is 22.5 Å². The Bertz CT molecular complexity index is 1800. The molecule has 6 amide bonds. The second-order valence-corrected chi connectivity index (χ2v) is 10.1. The van der Waals surface area contributed by atoms with Gasteiger partial charge in [-0.3, -0.25) is 28.8 Å². The number of rotatable bonds is 11. The lowest BCUT2D eigenvalue weighted by molar-refractivity contribution is -0.172. The number of hydroxylamine groups is 2. The van der Waals surface area contributed by atoms with Crippen LogP contribution in [0.2, 0.25) is 0 Å². The zero-order valence-electron chi connectivity index (χ0n) is 24.9. The fourth-order valence-corrected chi connectivity index (χ4v) is 4.38. The second-order valence-electron chi connectivity index (χ2n) is 10.1. The topological polar surface area (TPSA) is 219 Å². The molecule has 0 saturated carbocycles. The molecule has 1 aliphatic heterocycles. The van der Waals surface area contributed by atoms with Gasteiger partial charge in [0.2, 0.25) is 11.8 Å². The summed E-state index contributed by atoms with van der Waals surface area (Å²) in [4.78, 5) is 90.7. The molecule has 17 nitrogen and oxygen atoms in total. The van der Waals surface area contributed by atoms with E-state index in [0.717, 1.165) is 12.2 Å². The molecular formula is C29H29N9O8. The van der Waals surface area contributed by atoms with E-state index in [1.165, 1.54) is 51.3 Å². The van der Waals surface area contributed by atoms with Gasteiger partial charge in [-0.1, -0.05) is 0 Å². The summed E-state index contributed by atoms with van der Waals surface area (Å²) in [5, 5.41) is 19.4. The molecule has 1 aliphatic rings. The van der Waals surface area contributed by atoms with Gasteiger partial charge in [-0.2, -0.15) is 5.26 Å². The third-order valence-corrected chi connectivity index (χ3v) is 6.57. The molecule has 3 aromatic rings. The Hall–Kier alpha value is -6.44. The molecule has 0 radical (unpaired) electrons. The van der Waals surface area contributed by atoms with Crippen LogP contribution < -0.4 is 21.3 Å². The molecule has 4 heterocycles. The maximum Gasteiger partial charge on any atom is 0.380 e. The van der Waals surface area contributed by atoms with Gasteiger partial charge >= 0.3 is 5.97 Å². The maximum absolute atomic E-state index is 12.9. The fourth-order valence-electron chi connectivity index (χ4n) is 4.38. The van der Waals surface area contributed by atoms with Crippen LogP contribution in [0, 0.1) is 11.3 Å². The Morgan fingerprint density at radius 1 is 0.761 bits per heavy atom. The summed E-state index contributed by atoms with van der Waals surface area (Å²) in [6, 6.07) is 6.12. The number of nitrogens with zero attached hydrogens (tertiary/aromatic N) is 5. The first-order chi connectivity index (χ1) is 21.9. The van der Waals surface area contributed by atoms with Crippen molar-refractivity contribution in [3.8, 4) is 6.07 Å². The molecule has 0 atom stereocenters. The van der Waals surface area contributed by atoms with Crippen molar-refractivity contribution in [3.05, 3.63) is 66.0 Å². The molecule has 238 valence electrons. The van der Waals surface area contributed by atoms with Crippen LogP contribution in [0.3, 0.4) is 0 Å². The summed E-state index contributed by atoms with van der Waals surface area (Å²) in [5.74, 6) is -4.49. The number of aryl methyl sites for hydroxylation is 3. The molecule has 3 aromatic heterocycles. The largest absolute Gasteiger partial charge is 0.380 e. The highest BCUT2D eigenvalue weighted by Gasteiger charge is 2.33. The van der Waals surface area contributed by atoms with Crippen molar-refractivity contribution in [3.63, 3.8) is 0 Å². The van der Waals surface area contributed by atoms with Gasteiger partial charge in [-0.15, -0.1) is 5.06 Å². The Labute approximate surface area is 261 Å². The van der Waals surface area contributed by atoms with Gasteiger partial charge in [-0.25, -0.2) is 4.79 Å². The molecule has 0 spiro atoms. The van der Waals surface area contributed by atoms with E-state index in [1.807, 2.05) is 6.07 Å². The van der Waals surface area contributed by atoms with E-state index >= 15 is 0 Å². The van der Waals surface area contributed by atoms with Crippen molar-refractivity contribution >= 4 is 58.5 Å². The van der Waals surface area contributed by atoms with E-state index in [-0.39, 0.29) is 54.3 Å². The van der Waals surface area contributed by atoms with Crippen LogP contribution in [0.4, 0.5) is 17.1 Å². The Kier molecular flexibility index (Phi) is 9.81. The number of nitriles is 1. The molecule has 1 saturated heterocycles. The van der Waals surface area contributed by atoms with Crippen LogP contribution in [-0.2, 0) is 45.2 Å². The summed E-state index contributed by atoms with van der Waals surface area (Å²) in [5.41, 5.74) is 1.25. The predicted octanol–water partition coefficient (Wildman–Crippen LogP) is 0.952. The number of aromatic nitrogens is 3. The lowest BCUT2D eigenvalue weighted by Crippen LogP contribution is -2.32. The van der Waals surface area contributed by atoms with Crippen molar-refractivity contribution in [2.45, 2.75) is 19.3 Å². The Morgan fingerprint density at radius 3 is 1.74 bits per heavy atom. The molecule has 0 aliphatic carbocycles. The third kappa shape index (κ3) is 7.74. The number of carbonyl (C=O) groups excluding carboxylic acids is 7. The molecule has 4 rings (SSSR count). The highest BCUT2D eigenvalue weighted by atomic mass is 16.7. The van der Waals surface area contributed by atoms with Gasteiger partial charge in [0.25, 0.3) is 23.6 Å². The number of hydrogen-bond donors (Lipinski definition) is 4. The van der Waals surface area contributed by atoms with E-state index in [0.29, 0.717) is 10.8 Å². The summed E-state index contributed by atoms with van der Waals surface area (Å²) < 4.78 is 4.34. The Balaban J connectivity index is 1.30. The Morgan fingerprint density at radius 2 is 1.22 bits per heavy atom. The minimum atomic E-state index is -0.971. The number of hydrogen-bond acceptors (Lipinski definition) is 9. The molecule has 0 bridgehead atoms. The fraction of sp³-hybridized carbons (Fsp3) is 0.241. The van der Waals surface area contributed by atoms with Crippen LogP contribution in [0.5, 0.6) is 0 Å². The molecule has 17 heteroatoms. The summed E-state index contributed by atoms with van der Waals surface area (Å²) in [7, 11) is 4.72. The molecule has 1 fully saturated rings. The van der Waals surface area contributed by atoms with Crippen molar-refractivity contribution in [1.82, 2.24) is 24.1 Å². The minimum Gasteiger partial charge on any atom is -0.350 e. The van der Waals surface area contributed by atoms with Crippen molar-refractivity contribution in [2.24, 2.45) is 21.1 Å². The normalized spacial score (nSPS) is 12.6. The van der Waals surface area contributed by atoms with Gasteiger partial charge in [0.15, 0.2) is 0 Å². The summed E-state index contributed by atoms with van der Waals surface area (Å²) >= 11 is 0. The lowest BCUT2D eigenvalue weighted by Gasteiger charge is -2.12. The predicted molar refractivity (Wildman–Crippen MR) is 160 cm³/mol. The number of carbonyl (C=O) groups is 7. The van der Waals surface area contributed by atoms with Gasteiger partial charge in [-0.05, 0) is 18.2 Å². The number of imide groups is 1. The van der Waals surface area contributed by atoms with E-state index in [4.69, 9.17) is 10.1 Å². The molecule has 46 heavy (non-hydrogen) atoms. The van der Waals surface area contributed by atoms with Crippen LogP contribution >= 0.6 is 0 Å². The average molecular weight is 632 g/mol. The first-order valence-corrected chi connectivity index (χ1v) is 13.7. The molecule has 4 N–H and O–H groups in total. The van der Waals surface area contributed by atoms with Gasteiger partial charge in [0.1, 0.15) is 17.1 Å². The zero-order valence-corrected chi connectivity index (χ0v) is 24.9. The van der Waals surface area contributed by atoms with E-state index in [9.17, 15) is 33.6 Å². The number of nitrogens with one attached hydrogen (secondary N) is 4. The lowest BCUT2D eigenvalue weighted by atomic mass is 10.3. The SMILES string of the molecule is Cn1cc(NC(=O)c2cc(NC(=O)/C=C\C(=O)Nc3cc(C(=O)ON4C(=O)CCC4=O)n(C)c3)cn2C)cc1C(=O)NCCC#N. The standard InChI is InChI=1S/C29H29N9O8/c1-35-16-19(12-20(35)27(43)31-10-4-9-30)34-28(44)21-11-17(14-36(21)2)32-23(39)5-6-24(40)33-18-13-22(37(3)15-18)29(45)46-38-25(41)7-8-26(38)42/h5-6,11-16H,4,7-8,10H2,1-3H3,(H,31,43)(H,32,39)(H,33,40)(H,34,44)/b6-5-.